The number of carbonyl (C=O) groups is 1. The molecular weight excluding hydrogens is 325 g/mol. The molecule has 0 saturated heterocycles. The summed E-state index contributed by atoms with van der Waals surface area (Å²) < 4.78 is 1.07. The van der Waals surface area contributed by atoms with Crippen LogP contribution in [0.3, 0.4) is 0 Å². The highest BCUT2D eigenvalue weighted by atomic mass is 35.5. The minimum absolute atomic E-state index is 0.0916. The first kappa shape index (κ1) is 14.8. The van der Waals surface area contributed by atoms with Crippen LogP contribution in [0.15, 0.2) is 35.4 Å². The van der Waals surface area contributed by atoms with Gasteiger partial charge in [0.2, 0.25) is 5.91 Å². The van der Waals surface area contributed by atoms with Crippen LogP contribution in [-0.2, 0) is 11.3 Å². The fourth-order valence-corrected chi connectivity index (χ4v) is 1.85. The first-order chi connectivity index (χ1) is 9.47. The quantitative estimate of drug-likeness (QED) is 0.879. The lowest BCUT2D eigenvalue weighted by Crippen LogP contribution is -2.28. The fourth-order valence-electron chi connectivity index (χ4n) is 1.44. The van der Waals surface area contributed by atoms with Gasteiger partial charge in [-0.25, -0.2) is 4.98 Å². The molecule has 0 spiro atoms. The maximum Gasteiger partial charge on any atom is 0.274 e. The molecule has 5 nitrogen and oxygen atoms in total. The first-order valence-corrected chi connectivity index (χ1v) is 6.56. The van der Waals surface area contributed by atoms with E-state index >= 15 is 0 Å². The van der Waals surface area contributed by atoms with Gasteiger partial charge in [-0.1, -0.05) is 34.8 Å². The van der Waals surface area contributed by atoms with E-state index in [-0.39, 0.29) is 16.7 Å². The molecule has 0 saturated carbocycles. The maximum atomic E-state index is 11.8. The van der Waals surface area contributed by atoms with Gasteiger partial charge in [0.15, 0.2) is 5.15 Å². The smallest absolute Gasteiger partial charge is 0.274 e. The van der Waals surface area contributed by atoms with E-state index in [2.05, 4.69) is 10.3 Å². The second-order valence-corrected chi connectivity index (χ2v) is 5.01. The molecule has 0 unspecified atom stereocenters. The van der Waals surface area contributed by atoms with Crippen molar-refractivity contribution in [1.82, 2.24) is 9.55 Å². The van der Waals surface area contributed by atoms with Gasteiger partial charge in [0.25, 0.3) is 5.56 Å². The Morgan fingerprint density at radius 1 is 1.20 bits per heavy atom. The van der Waals surface area contributed by atoms with E-state index < -0.39 is 11.5 Å². The molecule has 1 heterocycles. The van der Waals surface area contributed by atoms with Crippen LogP contribution in [0.5, 0.6) is 0 Å². The number of nitrogens with one attached hydrogen (secondary N) is 1. The molecule has 1 N–H and O–H groups in total. The Labute approximate surface area is 129 Å². The lowest BCUT2D eigenvalue weighted by atomic mass is 10.3. The van der Waals surface area contributed by atoms with Gasteiger partial charge >= 0.3 is 0 Å². The van der Waals surface area contributed by atoms with E-state index in [1.54, 1.807) is 24.3 Å². The molecule has 0 atom stereocenters. The molecule has 104 valence electrons. The van der Waals surface area contributed by atoms with Crippen LogP contribution in [0.2, 0.25) is 15.2 Å². The Morgan fingerprint density at radius 2 is 1.85 bits per heavy atom. The van der Waals surface area contributed by atoms with Gasteiger partial charge in [0.05, 0.1) is 6.33 Å². The molecule has 0 aliphatic carbocycles. The van der Waals surface area contributed by atoms with Gasteiger partial charge in [-0.15, -0.1) is 0 Å². The zero-order chi connectivity index (χ0) is 14.7. The molecule has 20 heavy (non-hydrogen) atoms. The number of hydrogen-bond donors (Lipinski definition) is 1. The number of hydrogen-bond acceptors (Lipinski definition) is 3. The van der Waals surface area contributed by atoms with Crippen molar-refractivity contribution < 1.29 is 4.79 Å². The number of halogens is 3. The number of nitrogens with zero attached hydrogens (tertiary/aromatic N) is 2. The average molecular weight is 333 g/mol. The van der Waals surface area contributed by atoms with Crippen molar-refractivity contribution in [2.45, 2.75) is 6.54 Å². The van der Waals surface area contributed by atoms with Crippen LogP contribution >= 0.6 is 34.8 Å². The molecule has 2 aromatic rings. The van der Waals surface area contributed by atoms with Crippen molar-refractivity contribution >= 4 is 46.4 Å². The summed E-state index contributed by atoms with van der Waals surface area (Å²) in [4.78, 5) is 27.2. The van der Waals surface area contributed by atoms with Gasteiger partial charge in [0.1, 0.15) is 11.6 Å². The second kappa shape index (κ2) is 6.26. The highest BCUT2D eigenvalue weighted by Gasteiger charge is 2.10. The van der Waals surface area contributed by atoms with Crippen LogP contribution in [0.4, 0.5) is 5.69 Å². The number of aromatic nitrogens is 2. The van der Waals surface area contributed by atoms with E-state index in [0.717, 1.165) is 10.9 Å². The Bertz CT molecular complexity index is 698. The van der Waals surface area contributed by atoms with Crippen molar-refractivity contribution in [3.8, 4) is 0 Å². The van der Waals surface area contributed by atoms with Crippen molar-refractivity contribution in [2.24, 2.45) is 0 Å². The van der Waals surface area contributed by atoms with E-state index in [9.17, 15) is 9.59 Å². The van der Waals surface area contributed by atoms with Gasteiger partial charge in [0, 0.05) is 10.7 Å². The molecule has 1 amide bonds. The number of rotatable bonds is 3. The molecule has 0 aliphatic heterocycles. The molecule has 0 bridgehead atoms. The zero-order valence-corrected chi connectivity index (χ0v) is 12.2. The van der Waals surface area contributed by atoms with Crippen LogP contribution in [0.25, 0.3) is 0 Å². The average Bonchev–Trinajstić information content (AvgIpc) is 2.42. The third kappa shape index (κ3) is 3.50. The Morgan fingerprint density at radius 3 is 2.50 bits per heavy atom. The van der Waals surface area contributed by atoms with Crippen molar-refractivity contribution in [1.29, 1.82) is 0 Å². The predicted molar refractivity (Wildman–Crippen MR) is 78.6 cm³/mol. The summed E-state index contributed by atoms with van der Waals surface area (Å²) in [6.07, 6.45) is 1.16. The summed E-state index contributed by atoms with van der Waals surface area (Å²) in [6, 6.07) is 6.58. The molecule has 0 fully saturated rings. The summed E-state index contributed by atoms with van der Waals surface area (Å²) in [7, 11) is 0. The number of amides is 1. The normalized spacial score (nSPS) is 10.3. The second-order valence-electron chi connectivity index (χ2n) is 3.84. The van der Waals surface area contributed by atoms with Crippen molar-refractivity contribution in [3.05, 3.63) is 56.1 Å². The summed E-state index contributed by atoms with van der Waals surface area (Å²) in [5, 5.41) is 2.87. The SMILES string of the molecule is O=C(Cn1cnc(Cl)c(Cl)c1=O)Nc1ccc(Cl)cc1. The van der Waals surface area contributed by atoms with Gasteiger partial charge in [-0.2, -0.15) is 0 Å². The van der Waals surface area contributed by atoms with Crippen molar-refractivity contribution in [2.75, 3.05) is 5.32 Å². The van der Waals surface area contributed by atoms with Gasteiger partial charge < -0.3 is 5.32 Å². The van der Waals surface area contributed by atoms with Crippen molar-refractivity contribution in [3.63, 3.8) is 0 Å². The van der Waals surface area contributed by atoms with E-state index in [4.69, 9.17) is 34.8 Å². The predicted octanol–water partition coefficient (Wildman–Crippen LogP) is 2.84. The first-order valence-electron chi connectivity index (χ1n) is 5.43. The molecule has 0 radical (unpaired) electrons. The Kier molecular flexibility index (Phi) is 4.65. The lowest BCUT2D eigenvalue weighted by molar-refractivity contribution is -0.116. The lowest BCUT2D eigenvalue weighted by Gasteiger charge is -2.07. The maximum absolute atomic E-state index is 11.8. The van der Waals surface area contributed by atoms with Crippen LogP contribution < -0.4 is 10.9 Å². The van der Waals surface area contributed by atoms with Gasteiger partial charge in [-0.05, 0) is 24.3 Å². The largest absolute Gasteiger partial charge is 0.325 e. The highest BCUT2D eigenvalue weighted by molar-refractivity contribution is 6.40. The minimum Gasteiger partial charge on any atom is -0.325 e. The monoisotopic (exact) mass is 331 g/mol. The Balaban J connectivity index is 2.11. The molecule has 1 aromatic carbocycles. The standard InChI is InChI=1S/C12H8Cl3N3O2/c13-7-1-3-8(4-2-7)17-9(19)5-18-6-16-11(15)10(14)12(18)20/h1-4,6H,5H2,(H,17,19). The van der Waals surface area contributed by atoms with E-state index in [1.807, 2.05) is 0 Å². The van der Waals surface area contributed by atoms with E-state index in [0.29, 0.717) is 10.7 Å². The summed E-state index contributed by atoms with van der Waals surface area (Å²) in [5.41, 5.74) is -0.00149. The number of anilines is 1. The summed E-state index contributed by atoms with van der Waals surface area (Å²) in [6.45, 7) is -0.217. The topological polar surface area (TPSA) is 64.0 Å². The Hall–Kier alpha value is -1.56. The molecule has 8 heteroatoms. The van der Waals surface area contributed by atoms with Crippen LogP contribution in [-0.4, -0.2) is 15.5 Å². The molecular formula is C12H8Cl3N3O2. The third-order valence-corrected chi connectivity index (χ3v) is 3.36. The van der Waals surface area contributed by atoms with E-state index in [1.165, 1.54) is 0 Å². The minimum atomic E-state index is -0.571. The van der Waals surface area contributed by atoms with Crippen LogP contribution in [0, 0.1) is 0 Å². The number of benzene rings is 1. The third-order valence-electron chi connectivity index (χ3n) is 2.38. The zero-order valence-electron chi connectivity index (χ0n) is 9.94. The number of carbonyl (C=O) groups excluding carboxylic acids is 1. The fraction of sp³-hybridized carbons (Fsp3) is 0.0833. The molecule has 2 rings (SSSR count). The van der Waals surface area contributed by atoms with Gasteiger partial charge in [-0.3, -0.25) is 14.2 Å². The summed E-state index contributed by atoms with van der Waals surface area (Å²) >= 11 is 17.0. The highest BCUT2D eigenvalue weighted by Crippen LogP contribution is 2.14. The van der Waals surface area contributed by atoms with Crippen LogP contribution in [0.1, 0.15) is 0 Å². The summed E-state index contributed by atoms with van der Waals surface area (Å²) in [5.74, 6) is -0.394. The molecule has 0 aliphatic rings. The molecule has 1 aromatic heterocycles.